The van der Waals surface area contributed by atoms with E-state index in [4.69, 9.17) is 9.47 Å². The van der Waals surface area contributed by atoms with Gasteiger partial charge in [0, 0.05) is 0 Å². The van der Waals surface area contributed by atoms with Gasteiger partial charge in [0.2, 0.25) is 0 Å². The minimum absolute atomic E-state index is 0.00396. The average Bonchev–Trinajstić information content (AvgIpc) is 1.79. The van der Waals surface area contributed by atoms with E-state index in [0.717, 1.165) is 19.6 Å². The Balaban J connectivity index is 2.09. The van der Waals surface area contributed by atoms with Crippen molar-refractivity contribution in [2.75, 3.05) is 13.2 Å². The summed E-state index contributed by atoms with van der Waals surface area (Å²) in [5.74, 6) is 0. The third-order valence-electron chi connectivity index (χ3n) is 1.35. The average molecular weight is 129 g/mol. The molecule has 1 heterocycles. The second kappa shape index (κ2) is 2.67. The molecule has 9 heavy (non-hydrogen) atoms. The van der Waals surface area contributed by atoms with Gasteiger partial charge in [-0.3, -0.25) is 0 Å². The van der Waals surface area contributed by atoms with Gasteiger partial charge in [0.1, 0.15) is 5.60 Å². The van der Waals surface area contributed by atoms with E-state index in [-0.39, 0.29) is 5.60 Å². The van der Waals surface area contributed by atoms with Gasteiger partial charge in [-0.1, -0.05) is 6.92 Å². The molecule has 0 aromatic rings. The highest BCUT2D eigenvalue weighted by Gasteiger charge is 2.33. The highest BCUT2D eigenvalue weighted by atomic mass is 16.6. The van der Waals surface area contributed by atoms with E-state index in [9.17, 15) is 0 Å². The molecule has 0 spiro atoms. The van der Waals surface area contributed by atoms with E-state index in [1.54, 1.807) is 0 Å². The van der Waals surface area contributed by atoms with Crippen LogP contribution in [0.15, 0.2) is 0 Å². The molecule has 0 saturated carbocycles. The van der Waals surface area contributed by atoms with Crippen LogP contribution in [0.1, 0.15) is 20.3 Å². The van der Waals surface area contributed by atoms with Crippen molar-refractivity contribution in [3.8, 4) is 0 Å². The van der Waals surface area contributed by atoms with Crippen molar-refractivity contribution >= 4 is 0 Å². The Hall–Kier alpha value is -0.0800. The maximum absolute atomic E-state index is 5.36. The van der Waals surface area contributed by atoms with Crippen molar-refractivity contribution in [2.24, 2.45) is 0 Å². The number of hydrogen-bond donors (Lipinski definition) is 0. The maximum Gasteiger partial charge on any atom is 0.112 e. The van der Waals surface area contributed by atoms with E-state index in [1.165, 1.54) is 0 Å². The van der Waals surface area contributed by atoms with Crippen LogP contribution in [0.4, 0.5) is 0 Å². The van der Waals surface area contributed by atoms with Crippen LogP contribution >= 0.6 is 0 Å². The molecule has 1 radical (unpaired) electrons. The Labute approximate surface area is 56.2 Å². The largest absolute Gasteiger partial charge is 0.375 e. The Morgan fingerprint density at radius 3 is 2.67 bits per heavy atom. The maximum atomic E-state index is 5.36. The fraction of sp³-hybridized carbons (Fsp3) is 0.857. The van der Waals surface area contributed by atoms with Crippen LogP contribution in [0.2, 0.25) is 0 Å². The summed E-state index contributed by atoms with van der Waals surface area (Å²) in [5.41, 5.74) is -0.00396. The Kier molecular flexibility index (Phi) is 2.09. The number of hydrogen-bond acceptors (Lipinski definition) is 2. The zero-order chi connectivity index (χ0) is 6.74. The highest BCUT2D eigenvalue weighted by Crippen LogP contribution is 2.21. The molecule has 2 heteroatoms. The first-order valence-electron chi connectivity index (χ1n) is 3.34. The Morgan fingerprint density at radius 2 is 2.33 bits per heavy atom. The molecule has 1 rings (SSSR count). The molecule has 0 N–H and O–H groups in total. The Bertz CT molecular complexity index is 86.9. The third-order valence-corrected chi connectivity index (χ3v) is 1.35. The predicted molar refractivity (Wildman–Crippen MR) is 34.9 cm³/mol. The second-order valence-corrected chi connectivity index (χ2v) is 2.64. The summed E-state index contributed by atoms with van der Waals surface area (Å²) in [6.45, 7) is 7.43. The molecule has 0 bridgehead atoms. The lowest BCUT2D eigenvalue weighted by Gasteiger charge is -2.37. The van der Waals surface area contributed by atoms with Gasteiger partial charge < -0.3 is 9.47 Å². The van der Waals surface area contributed by atoms with Crippen molar-refractivity contribution in [1.29, 1.82) is 0 Å². The topological polar surface area (TPSA) is 18.5 Å². The fourth-order valence-corrected chi connectivity index (χ4v) is 0.742. The predicted octanol–water partition coefficient (Wildman–Crippen LogP) is 1.36. The monoisotopic (exact) mass is 129 g/mol. The Morgan fingerprint density at radius 1 is 1.67 bits per heavy atom. The normalized spacial score (nSPS) is 23.3. The lowest BCUT2D eigenvalue weighted by atomic mass is 10.1. The van der Waals surface area contributed by atoms with Gasteiger partial charge in [-0.25, -0.2) is 0 Å². The van der Waals surface area contributed by atoms with Gasteiger partial charge in [-0.05, 0) is 13.3 Å². The SMILES string of the molecule is CC[CH]OC1(C)COC1. The van der Waals surface area contributed by atoms with Gasteiger partial charge in [-0.2, -0.15) is 0 Å². The van der Waals surface area contributed by atoms with Gasteiger partial charge in [-0.15, -0.1) is 0 Å². The lowest BCUT2D eigenvalue weighted by Crippen LogP contribution is -2.48. The summed E-state index contributed by atoms with van der Waals surface area (Å²) < 4.78 is 10.4. The van der Waals surface area contributed by atoms with Crippen LogP contribution in [-0.2, 0) is 9.47 Å². The van der Waals surface area contributed by atoms with Gasteiger partial charge in [0.25, 0.3) is 0 Å². The number of ether oxygens (including phenoxy) is 2. The standard InChI is InChI=1S/C7H13O2/c1-3-4-9-7(2)5-8-6-7/h4H,3,5-6H2,1-2H3. The zero-order valence-electron chi connectivity index (χ0n) is 6.02. The summed E-state index contributed by atoms with van der Waals surface area (Å²) in [6.07, 6.45) is 0.968. The molecule has 53 valence electrons. The van der Waals surface area contributed by atoms with Crippen LogP contribution in [-0.4, -0.2) is 18.8 Å². The minimum atomic E-state index is -0.00396. The van der Waals surface area contributed by atoms with Crippen molar-refractivity contribution in [1.82, 2.24) is 0 Å². The molecule has 0 aliphatic carbocycles. The first-order valence-corrected chi connectivity index (χ1v) is 3.34. The molecular weight excluding hydrogens is 116 g/mol. The van der Waals surface area contributed by atoms with E-state index in [0.29, 0.717) is 0 Å². The van der Waals surface area contributed by atoms with Crippen LogP contribution in [0, 0.1) is 6.61 Å². The van der Waals surface area contributed by atoms with Gasteiger partial charge in [0.05, 0.1) is 19.8 Å². The summed E-state index contributed by atoms with van der Waals surface area (Å²) >= 11 is 0. The van der Waals surface area contributed by atoms with Crippen molar-refractivity contribution < 1.29 is 9.47 Å². The molecular formula is C7H13O2. The quantitative estimate of drug-likeness (QED) is 0.573. The fourth-order valence-electron chi connectivity index (χ4n) is 0.742. The molecule has 0 atom stereocenters. The second-order valence-electron chi connectivity index (χ2n) is 2.64. The molecule has 1 aliphatic rings. The van der Waals surface area contributed by atoms with Gasteiger partial charge >= 0.3 is 0 Å². The summed E-state index contributed by atoms with van der Waals surface area (Å²) in [4.78, 5) is 0. The summed E-state index contributed by atoms with van der Waals surface area (Å²) in [6, 6.07) is 0. The molecule has 0 amide bonds. The first-order chi connectivity index (χ1) is 4.27. The molecule has 1 fully saturated rings. The molecule has 1 saturated heterocycles. The molecule has 2 nitrogen and oxygen atoms in total. The van der Waals surface area contributed by atoms with E-state index in [2.05, 4.69) is 13.8 Å². The van der Waals surface area contributed by atoms with E-state index in [1.807, 2.05) is 6.61 Å². The molecule has 0 unspecified atom stereocenters. The van der Waals surface area contributed by atoms with Gasteiger partial charge in [0.15, 0.2) is 0 Å². The van der Waals surface area contributed by atoms with E-state index >= 15 is 0 Å². The molecule has 0 aromatic heterocycles. The number of rotatable bonds is 3. The van der Waals surface area contributed by atoms with Crippen molar-refractivity contribution in [3.05, 3.63) is 6.61 Å². The lowest BCUT2D eigenvalue weighted by molar-refractivity contribution is -0.182. The smallest absolute Gasteiger partial charge is 0.112 e. The third kappa shape index (κ3) is 1.66. The molecule has 0 aromatic carbocycles. The first kappa shape index (κ1) is 7.03. The van der Waals surface area contributed by atoms with Crippen LogP contribution in [0.3, 0.4) is 0 Å². The van der Waals surface area contributed by atoms with Crippen molar-refractivity contribution in [2.45, 2.75) is 25.9 Å². The molecule has 1 aliphatic heterocycles. The summed E-state index contributed by atoms with van der Waals surface area (Å²) in [5, 5.41) is 0. The van der Waals surface area contributed by atoms with Crippen molar-refractivity contribution in [3.63, 3.8) is 0 Å². The zero-order valence-corrected chi connectivity index (χ0v) is 6.02. The minimum Gasteiger partial charge on any atom is -0.375 e. The summed E-state index contributed by atoms with van der Waals surface area (Å²) in [7, 11) is 0. The van der Waals surface area contributed by atoms with E-state index < -0.39 is 0 Å². The van der Waals surface area contributed by atoms with Crippen LogP contribution in [0.5, 0.6) is 0 Å². The van der Waals surface area contributed by atoms with Crippen LogP contribution in [0.25, 0.3) is 0 Å². The van der Waals surface area contributed by atoms with Crippen LogP contribution < -0.4 is 0 Å². The highest BCUT2D eigenvalue weighted by molar-refractivity contribution is 4.83.